The minimum Gasteiger partial charge on any atom is -0.478 e. The molecule has 0 atom stereocenters. The fourth-order valence-corrected chi connectivity index (χ4v) is 2.97. The summed E-state index contributed by atoms with van der Waals surface area (Å²) in [4.78, 5) is 23.6. The number of carboxylic acid groups (broad SMARTS) is 1. The van der Waals surface area contributed by atoms with Gasteiger partial charge in [0.25, 0.3) is 5.91 Å². The van der Waals surface area contributed by atoms with Crippen LogP contribution < -0.4 is 5.32 Å². The monoisotopic (exact) mass is 424 g/mol. The van der Waals surface area contributed by atoms with Gasteiger partial charge in [-0.3, -0.25) is 4.79 Å². The van der Waals surface area contributed by atoms with E-state index in [-0.39, 0.29) is 33.3 Å². The molecule has 0 aliphatic rings. The van der Waals surface area contributed by atoms with Crippen LogP contribution >= 0.6 is 11.6 Å². The highest BCUT2D eigenvalue weighted by molar-refractivity contribution is 6.33. The first-order valence-corrected chi connectivity index (χ1v) is 8.44. The Balaban J connectivity index is 2.03. The number of benzene rings is 2. The molecule has 0 unspecified atom stereocenters. The Labute approximate surface area is 166 Å². The molecule has 150 valence electrons. The fraction of sp³-hybridized carbons (Fsp3) is 0.105. The number of halogens is 4. The molecule has 29 heavy (non-hydrogen) atoms. The second kappa shape index (κ2) is 7.59. The number of alkyl halides is 3. The van der Waals surface area contributed by atoms with E-state index in [1.165, 1.54) is 37.3 Å². The number of hydrogen-bond donors (Lipinski definition) is 2. The van der Waals surface area contributed by atoms with Crippen LogP contribution in [0.4, 0.5) is 18.9 Å². The number of carbonyl (C=O) groups is 2. The standard InChI is InChI=1S/C19H12ClF3N2O4/c1-9-14(17(26)24-11-7-5-10(6-8-11)18(27)28)16(25-29-9)15-12(19(21,22)23)3-2-4-13(15)20/h2-8H,1H3,(H,24,26)(H,27,28). The van der Waals surface area contributed by atoms with Gasteiger partial charge in [0.05, 0.1) is 16.1 Å². The van der Waals surface area contributed by atoms with Gasteiger partial charge in [0.2, 0.25) is 0 Å². The van der Waals surface area contributed by atoms with E-state index in [9.17, 15) is 22.8 Å². The average molecular weight is 425 g/mol. The smallest absolute Gasteiger partial charge is 0.417 e. The molecule has 6 nitrogen and oxygen atoms in total. The van der Waals surface area contributed by atoms with E-state index >= 15 is 0 Å². The minimum absolute atomic E-state index is 0.00676. The van der Waals surface area contributed by atoms with E-state index in [0.717, 1.165) is 12.1 Å². The van der Waals surface area contributed by atoms with E-state index in [1.54, 1.807) is 0 Å². The van der Waals surface area contributed by atoms with Gasteiger partial charge in [-0.1, -0.05) is 22.8 Å². The molecule has 0 aliphatic carbocycles. The Hall–Kier alpha value is -3.33. The van der Waals surface area contributed by atoms with Crippen molar-refractivity contribution in [3.8, 4) is 11.3 Å². The van der Waals surface area contributed by atoms with Crippen LogP contribution in [-0.4, -0.2) is 22.1 Å². The number of rotatable bonds is 4. The van der Waals surface area contributed by atoms with Crippen molar-refractivity contribution in [3.63, 3.8) is 0 Å². The Morgan fingerprint density at radius 2 is 1.79 bits per heavy atom. The molecule has 3 rings (SSSR count). The molecule has 1 heterocycles. The maximum atomic E-state index is 13.4. The van der Waals surface area contributed by atoms with Crippen molar-refractivity contribution in [3.05, 3.63) is 69.9 Å². The number of amides is 1. The van der Waals surface area contributed by atoms with Crippen molar-refractivity contribution in [1.29, 1.82) is 0 Å². The Morgan fingerprint density at radius 3 is 2.38 bits per heavy atom. The quantitative estimate of drug-likeness (QED) is 0.595. The molecule has 0 spiro atoms. The van der Waals surface area contributed by atoms with Gasteiger partial charge < -0.3 is 14.9 Å². The minimum atomic E-state index is -4.73. The summed E-state index contributed by atoms with van der Waals surface area (Å²) in [5.74, 6) is -1.93. The molecule has 0 saturated heterocycles. The fourth-order valence-electron chi connectivity index (χ4n) is 2.70. The summed E-state index contributed by atoms with van der Waals surface area (Å²) >= 11 is 5.99. The van der Waals surface area contributed by atoms with E-state index in [0.29, 0.717) is 0 Å². The summed E-state index contributed by atoms with van der Waals surface area (Å²) in [7, 11) is 0. The highest BCUT2D eigenvalue weighted by atomic mass is 35.5. The lowest BCUT2D eigenvalue weighted by Gasteiger charge is -2.13. The van der Waals surface area contributed by atoms with Crippen molar-refractivity contribution in [2.45, 2.75) is 13.1 Å². The topological polar surface area (TPSA) is 92.4 Å². The Bertz CT molecular complexity index is 1090. The largest absolute Gasteiger partial charge is 0.478 e. The molecule has 2 N–H and O–H groups in total. The number of carboxylic acids is 1. The van der Waals surface area contributed by atoms with Crippen LogP contribution in [-0.2, 0) is 6.18 Å². The molecule has 0 aliphatic heterocycles. The summed E-state index contributed by atoms with van der Waals surface area (Å²) in [6.45, 7) is 1.38. The third-order valence-electron chi connectivity index (χ3n) is 4.04. The van der Waals surface area contributed by atoms with Gasteiger partial charge in [0, 0.05) is 11.3 Å². The second-order valence-electron chi connectivity index (χ2n) is 5.96. The molecule has 2 aromatic carbocycles. The van der Waals surface area contributed by atoms with E-state index < -0.39 is 29.2 Å². The maximum Gasteiger partial charge on any atom is 0.417 e. The van der Waals surface area contributed by atoms with Crippen LogP contribution in [0.25, 0.3) is 11.3 Å². The number of nitrogens with one attached hydrogen (secondary N) is 1. The van der Waals surface area contributed by atoms with Crippen LogP contribution in [0.15, 0.2) is 47.0 Å². The molecule has 0 radical (unpaired) electrons. The second-order valence-corrected chi connectivity index (χ2v) is 6.37. The van der Waals surface area contributed by atoms with Gasteiger partial charge in [-0.25, -0.2) is 4.79 Å². The van der Waals surface area contributed by atoms with Gasteiger partial charge >= 0.3 is 12.1 Å². The first-order valence-electron chi connectivity index (χ1n) is 8.06. The first-order chi connectivity index (χ1) is 13.6. The summed E-state index contributed by atoms with van der Waals surface area (Å²) in [6.07, 6.45) is -4.73. The molecule has 1 aromatic heterocycles. The SMILES string of the molecule is Cc1onc(-c2c(Cl)cccc2C(F)(F)F)c1C(=O)Nc1ccc(C(=O)O)cc1. The molecule has 0 saturated carbocycles. The zero-order valence-electron chi connectivity index (χ0n) is 14.7. The zero-order valence-corrected chi connectivity index (χ0v) is 15.4. The molecule has 10 heteroatoms. The maximum absolute atomic E-state index is 13.4. The van der Waals surface area contributed by atoms with Crippen molar-refractivity contribution >= 4 is 29.2 Å². The molecular formula is C19H12ClF3N2O4. The lowest BCUT2D eigenvalue weighted by atomic mass is 9.99. The van der Waals surface area contributed by atoms with Crippen molar-refractivity contribution in [2.24, 2.45) is 0 Å². The molecular weight excluding hydrogens is 413 g/mol. The van der Waals surface area contributed by atoms with Crippen molar-refractivity contribution < 1.29 is 32.4 Å². The highest BCUT2D eigenvalue weighted by Gasteiger charge is 2.37. The first kappa shape index (κ1) is 20.4. The van der Waals surface area contributed by atoms with Gasteiger partial charge in [-0.15, -0.1) is 0 Å². The van der Waals surface area contributed by atoms with Gasteiger partial charge in [-0.2, -0.15) is 13.2 Å². The number of carbonyl (C=O) groups excluding carboxylic acids is 1. The van der Waals surface area contributed by atoms with E-state index in [1.807, 2.05) is 0 Å². The third kappa shape index (κ3) is 4.09. The molecule has 0 fully saturated rings. The summed E-state index contributed by atoms with van der Waals surface area (Å²) in [5, 5.41) is 14.8. The van der Waals surface area contributed by atoms with Gasteiger partial charge in [0.15, 0.2) is 0 Å². The van der Waals surface area contributed by atoms with Crippen LogP contribution in [0.5, 0.6) is 0 Å². The average Bonchev–Trinajstić information content (AvgIpc) is 3.02. The summed E-state index contributed by atoms with van der Waals surface area (Å²) < 4.78 is 45.3. The third-order valence-corrected chi connectivity index (χ3v) is 4.35. The number of nitrogens with zero attached hydrogens (tertiary/aromatic N) is 1. The number of anilines is 1. The predicted octanol–water partition coefficient (Wildman–Crippen LogP) is 5.27. The van der Waals surface area contributed by atoms with Crippen molar-refractivity contribution in [1.82, 2.24) is 5.16 Å². The Morgan fingerprint density at radius 1 is 1.14 bits per heavy atom. The van der Waals surface area contributed by atoms with E-state index in [2.05, 4.69) is 10.5 Å². The zero-order chi connectivity index (χ0) is 21.3. The molecule has 3 aromatic rings. The molecule has 1 amide bonds. The Kier molecular flexibility index (Phi) is 5.34. The normalized spacial score (nSPS) is 11.3. The molecule has 0 bridgehead atoms. The highest BCUT2D eigenvalue weighted by Crippen LogP contribution is 2.42. The van der Waals surface area contributed by atoms with E-state index in [4.69, 9.17) is 21.2 Å². The summed E-state index contributed by atoms with van der Waals surface area (Å²) in [5.41, 5.74) is -1.84. The van der Waals surface area contributed by atoms with Crippen molar-refractivity contribution in [2.75, 3.05) is 5.32 Å². The van der Waals surface area contributed by atoms with Crippen LogP contribution in [0, 0.1) is 6.92 Å². The van der Waals surface area contributed by atoms with Crippen LogP contribution in [0.1, 0.15) is 32.0 Å². The number of aryl methyl sites for hydroxylation is 1. The number of aromatic carboxylic acids is 1. The summed E-state index contributed by atoms with van der Waals surface area (Å²) in [6, 6.07) is 8.47. The van der Waals surface area contributed by atoms with Gasteiger partial charge in [0.1, 0.15) is 17.0 Å². The lowest BCUT2D eigenvalue weighted by Crippen LogP contribution is -2.15. The number of aromatic nitrogens is 1. The van der Waals surface area contributed by atoms with Crippen LogP contribution in [0.2, 0.25) is 5.02 Å². The number of hydrogen-bond acceptors (Lipinski definition) is 4. The van der Waals surface area contributed by atoms with Gasteiger partial charge in [-0.05, 0) is 43.3 Å². The van der Waals surface area contributed by atoms with Crippen LogP contribution in [0.3, 0.4) is 0 Å². The predicted molar refractivity (Wildman–Crippen MR) is 98.0 cm³/mol. The lowest BCUT2D eigenvalue weighted by molar-refractivity contribution is -0.137.